The highest BCUT2D eigenvalue weighted by Crippen LogP contribution is 2.51. The molecule has 0 aliphatic heterocycles. The number of aromatic nitrogens is 1. The number of anilines is 1. The SMILES string of the molecule is COc1ccc(NC(=O)c2ccnc3c(-c4ccccc4)c(-c4ccccc4)c(-c4ccccc4)c(-c4ccccc4)c23)cc1. The molecule has 0 aliphatic carbocycles. The summed E-state index contributed by atoms with van der Waals surface area (Å²) in [6.07, 6.45) is 1.74. The highest BCUT2D eigenvalue weighted by atomic mass is 16.5. The predicted molar refractivity (Wildman–Crippen MR) is 184 cm³/mol. The minimum atomic E-state index is -0.213. The zero-order chi connectivity index (χ0) is 30.6. The van der Waals surface area contributed by atoms with Crippen molar-refractivity contribution in [1.29, 1.82) is 0 Å². The normalized spacial score (nSPS) is 10.9. The molecule has 0 unspecified atom stereocenters. The van der Waals surface area contributed by atoms with Gasteiger partial charge in [-0.15, -0.1) is 0 Å². The monoisotopic (exact) mass is 582 g/mol. The number of nitrogens with zero attached hydrogens (tertiary/aromatic N) is 1. The lowest BCUT2D eigenvalue weighted by molar-refractivity contribution is 0.102. The van der Waals surface area contributed by atoms with Crippen molar-refractivity contribution in [1.82, 2.24) is 4.98 Å². The van der Waals surface area contributed by atoms with Gasteiger partial charge in [-0.2, -0.15) is 0 Å². The molecule has 216 valence electrons. The molecule has 1 amide bonds. The van der Waals surface area contributed by atoms with E-state index in [0.29, 0.717) is 11.3 Å². The molecule has 7 rings (SSSR count). The van der Waals surface area contributed by atoms with Crippen molar-refractivity contribution in [3.05, 3.63) is 163 Å². The van der Waals surface area contributed by atoms with Gasteiger partial charge in [0.05, 0.1) is 18.2 Å². The van der Waals surface area contributed by atoms with E-state index in [1.165, 1.54) is 0 Å². The van der Waals surface area contributed by atoms with Crippen LogP contribution in [0.2, 0.25) is 0 Å². The molecule has 1 aromatic heterocycles. The topological polar surface area (TPSA) is 51.2 Å². The van der Waals surface area contributed by atoms with E-state index in [0.717, 1.165) is 61.2 Å². The minimum Gasteiger partial charge on any atom is -0.497 e. The van der Waals surface area contributed by atoms with Gasteiger partial charge < -0.3 is 10.1 Å². The summed E-state index contributed by atoms with van der Waals surface area (Å²) in [6.45, 7) is 0. The van der Waals surface area contributed by atoms with Gasteiger partial charge in [0, 0.05) is 34.0 Å². The van der Waals surface area contributed by atoms with Crippen LogP contribution in [0.3, 0.4) is 0 Å². The molecule has 1 N–H and O–H groups in total. The number of rotatable bonds is 7. The van der Waals surface area contributed by atoms with Crippen LogP contribution in [0.1, 0.15) is 10.4 Å². The van der Waals surface area contributed by atoms with Crippen molar-refractivity contribution >= 4 is 22.5 Å². The van der Waals surface area contributed by atoms with Crippen molar-refractivity contribution in [2.75, 3.05) is 12.4 Å². The Balaban J connectivity index is 1.64. The molecule has 0 bridgehead atoms. The lowest BCUT2D eigenvalue weighted by Gasteiger charge is -2.24. The second-order valence-corrected chi connectivity index (χ2v) is 10.7. The number of fused-ring (bicyclic) bond motifs is 1. The molecule has 1 heterocycles. The molecular weight excluding hydrogens is 552 g/mol. The third kappa shape index (κ3) is 5.34. The Morgan fingerprint density at radius 1 is 0.533 bits per heavy atom. The highest BCUT2D eigenvalue weighted by Gasteiger charge is 2.27. The maximum absolute atomic E-state index is 14.2. The third-order valence-electron chi connectivity index (χ3n) is 8.03. The Labute approximate surface area is 262 Å². The number of ether oxygens (including phenoxy) is 1. The van der Waals surface area contributed by atoms with Crippen molar-refractivity contribution in [2.24, 2.45) is 0 Å². The Hall–Kier alpha value is -6.00. The van der Waals surface area contributed by atoms with Crippen LogP contribution in [-0.2, 0) is 0 Å². The average Bonchev–Trinajstić information content (AvgIpc) is 3.12. The molecule has 0 saturated heterocycles. The molecule has 0 saturated carbocycles. The summed E-state index contributed by atoms with van der Waals surface area (Å²) in [6, 6.07) is 50.7. The Bertz CT molecular complexity index is 2090. The Morgan fingerprint density at radius 2 is 0.978 bits per heavy atom. The zero-order valence-electron chi connectivity index (χ0n) is 24.8. The van der Waals surface area contributed by atoms with Gasteiger partial charge in [-0.1, -0.05) is 121 Å². The summed E-state index contributed by atoms with van der Waals surface area (Å²) in [7, 11) is 1.63. The summed E-state index contributed by atoms with van der Waals surface area (Å²) in [4.78, 5) is 19.3. The first-order valence-electron chi connectivity index (χ1n) is 14.9. The molecule has 7 aromatic rings. The molecular formula is C41H30N2O2. The number of pyridine rings is 1. The van der Waals surface area contributed by atoms with Crippen LogP contribution in [0.5, 0.6) is 5.75 Å². The van der Waals surface area contributed by atoms with Crippen molar-refractivity contribution in [3.63, 3.8) is 0 Å². The van der Waals surface area contributed by atoms with Crippen LogP contribution in [0, 0.1) is 0 Å². The fraction of sp³-hybridized carbons (Fsp3) is 0.0244. The number of nitrogens with one attached hydrogen (secondary N) is 1. The third-order valence-corrected chi connectivity index (χ3v) is 8.03. The number of methoxy groups -OCH3 is 1. The second kappa shape index (κ2) is 12.3. The lowest BCUT2D eigenvalue weighted by atomic mass is 9.79. The van der Waals surface area contributed by atoms with Gasteiger partial charge in [0.25, 0.3) is 5.91 Å². The van der Waals surface area contributed by atoms with Gasteiger partial charge >= 0.3 is 0 Å². The van der Waals surface area contributed by atoms with Crippen molar-refractivity contribution in [2.45, 2.75) is 0 Å². The van der Waals surface area contributed by atoms with Gasteiger partial charge in [0.2, 0.25) is 0 Å². The number of amides is 1. The Kier molecular flexibility index (Phi) is 7.61. The van der Waals surface area contributed by atoms with Crippen LogP contribution in [0.25, 0.3) is 55.4 Å². The van der Waals surface area contributed by atoms with E-state index >= 15 is 0 Å². The first-order valence-corrected chi connectivity index (χ1v) is 14.9. The quantitative estimate of drug-likeness (QED) is 0.203. The highest BCUT2D eigenvalue weighted by molar-refractivity contribution is 6.23. The summed E-state index contributed by atoms with van der Waals surface area (Å²) >= 11 is 0. The average molecular weight is 583 g/mol. The molecule has 0 aliphatic rings. The number of benzene rings is 6. The second-order valence-electron chi connectivity index (χ2n) is 10.7. The van der Waals surface area contributed by atoms with Crippen LogP contribution in [0.4, 0.5) is 5.69 Å². The predicted octanol–water partition coefficient (Wildman–Crippen LogP) is 10.2. The molecule has 6 aromatic carbocycles. The van der Waals surface area contributed by atoms with Crippen molar-refractivity contribution < 1.29 is 9.53 Å². The van der Waals surface area contributed by atoms with Crippen LogP contribution < -0.4 is 10.1 Å². The van der Waals surface area contributed by atoms with E-state index < -0.39 is 0 Å². The van der Waals surface area contributed by atoms with E-state index in [4.69, 9.17) is 9.72 Å². The largest absolute Gasteiger partial charge is 0.497 e. The summed E-state index contributed by atoms with van der Waals surface area (Å²) in [5, 5.41) is 3.92. The van der Waals surface area contributed by atoms with E-state index in [-0.39, 0.29) is 5.91 Å². The Morgan fingerprint density at radius 3 is 1.47 bits per heavy atom. The van der Waals surface area contributed by atoms with Gasteiger partial charge in [0.15, 0.2) is 0 Å². The maximum Gasteiger partial charge on any atom is 0.256 e. The number of carbonyl (C=O) groups is 1. The summed E-state index contributed by atoms with van der Waals surface area (Å²) in [5.41, 5.74) is 10.2. The molecule has 45 heavy (non-hydrogen) atoms. The molecule has 4 nitrogen and oxygen atoms in total. The first kappa shape index (κ1) is 27.8. The number of carbonyl (C=O) groups excluding carboxylic acids is 1. The maximum atomic E-state index is 14.2. The van der Waals surface area contributed by atoms with E-state index in [1.54, 1.807) is 13.3 Å². The number of hydrogen-bond acceptors (Lipinski definition) is 3. The fourth-order valence-electron chi connectivity index (χ4n) is 6.03. The molecule has 0 fully saturated rings. The van der Waals surface area contributed by atoms with E-state index in [1.807, 2.05) is 78.9 Å². The lowest BCUT2D eigenvalue weighted by Crippen LogP contribution is -2.13. The fourth-order valence-corrected chi connectivity index (χ4v) is 6.03. The molecule has 0 spiro atoms. The molecule has 0 radical (unpaired) electrons. The molecule has 4 heteroatoms. The van der Waals surface area contributed by atoms with Gasteiger partial charge in [-0.05, 0) is 58.1 Å². The van der Waals surface area contributed by atoms with Crippen molar-refractivity contribution in [3.8, 4) is 50.3 Å². The van der Waals surface area contributed by atoms with Gasteiger partial charge in [-0.25, -0.2) is 0 Å². The van der Waals surface area contributed by atoms with Crippen LogP contribution in [-0.4, -0.2) is 18.0 Å². The standard InChI is InChI=1S/C41H30N2O2/c1-45-33-24-22-32(23-25-33)43-41(44)34-26-27-42-40-38(31-20-12-5-13-21-31)36(29-16-8-3-9-17-29)35(28-14-6-2-7-15-28)37(39(34)40)30-18-10-4-11-19-30/h2-27H,1H3,(H,43,44). The smallest absolute Gasteiger partial charge is 0.256 e. The minimum absolute atomic E-state index is 0.213. The van der Waals surface area contributed by atoms with Gasteiger partial charge in [0.1, 0.15) is 5.75 Å². The van der Waals surface area contributed by atoms with Crippen LogP contribution in [0.15, 0.2) is 158 Å². The van der Waals surface area contributed by atoms with Crippen LogP contribution >= 0.6 is 0 Å². The van der Waals surface area contributed by atoms with E-state index in [2.05, 4.69) is 78.1 Å². The summed E-state index contributed by atoms with van der Waals surface area (Å²) in [5.74, 6) is 0.511. The summed E-state index contributed by atoms with van der Waals surface area (Å²) < 4.78 is 5.32. The molecule has 0 atom stereocenters. The zero-order valence-corrected chi connectivity index (χ0v) is 24.8. The van der Waals surface area contributed by atoms with Gasteiger partial charge in [-0.3, -0.25) is 9.78 Å². The number of hydrogen-bond donors (Lipinski definition) is 1. The first-order chi connectivity index (χ1) is 22.2. The van der Waals surface area contributed by atoms with E-state index in [9.17, 15) is 4.79 Å².